The number of aromatic nitrogens is 2. The van der Waals surface area contributed by atoms with Crippen molar-refractivity contribution in [2.45, 2.75) is 20.3 Å². The van der Waals surface area contributed by atoms with Gasteiger partial charge in [0.15, 0.2) is 0 Å². The lowest BCUT2D eigenvalue weighted by Crippen LogP contribution is -2.13. The number of nitrogens with two attached hydrogens (primary N) is 1. The summed E-state index contributed by atoms with van der Waals surface area (Å²) in [5, 5.41) is 3.33. The Kier molecular flexibility index (Phi) is 4.34. The topological polar surface area (TPSA) is 75.9 Å². The third-order valence-electron chi connectivity index (χ3n) is 2.88. The van der Waals surface area contributed by atoms with E-state index in [1.165, 1.54) is 6.33 Å². The van der Waals surface area contributed by atoms with Gasteiger partial charge < -0.3 is 10.7 Å². The highest BCUT2D eigenvalue weighted by Crippen LogP contribution is 2.26. The van der Waals surface area contributed by atoms with Gasteiger partial charge in [-0.25, -0.2) is 15.8 Å². The molecule has 0 bridgehead atoms. The third kappa shape index (κ3) is 3.02. The molecule has 5 nitrogen and oxygen atoms in total. The van der Waals surface area contributed by atoms with Crippen LogP contribution in [-0.2, 0) is 6.42 Å². The van der Waals surface area contributed by atoms with Crippen molar-refractivity contribution in [1.82, 2.24) is 9.97 Å². The first kappa shape index (κ1) is 13.8. The van der Waals surface area contributed by atoms with Crippen LogP contribution in [0, 0.1) is 6.92 Å². The van der Waals surface area contributed by atoms with Crippen molar-refractivity contribution in [2.75, 3.05) is 10.7 Å². The van der Waals surface area contributed by atoms with Gasteiger partial charge in [-0.1, -0.05) is 22.9 Å². The van der Waals surface area contributed by atoms with Gasteiger partial charge in [0.05, 0.1) is 0 Å². The molecular weight excluding hydrogens is 306 g/mol. The van der Waals surface area contributed by atoms with Crippen molar-refractivity contribution in [2.24, 2.45) is 5.84 Å². The Balaban J connectivity index is 2.37. The van der Waals surface area contributed by atoms with Crippen molar-refractivity contribution < 1.29 is 0 Å². The molecule has 2 rings (SSSR count). The molecule has 1 aromatic heterocycles. The lowest BCUT2D eigenvalue weighted by Gasteiger charge is -2.14. The van der Waals surface area contributed by atoms with Crippen molar-refractivity contribution in [3.8, 4) is 0 Å². The number of halogens is 1. The van der Waals surface area contributed by atoms with Crippen molar-refractivity contribution >= 4 is 33.3 Å². The average Bonchev–Trinajstić information content (AvgIpc) is 2.41. The van der Waals surface area contributed by atoms with Crippen LogP contribution >= 0.6 is 15.9 Å². The highest BCUT2D eigenvalue weighted by Gasteiger charge is 2.10. The fourth-order valence-corrected chi connectivity index (χ4v) is 2.35. The van der Waals surface area contributed by atoms with Crippen LogP contribution in [0.5, 0.6) is 0 Å². The zero-order chi connectivity index (χ0) is 13.8. The molecule has 0 saturated heterocycles. The summed E-state index contributed by atoms with van der Waals surface area (Å²) in [4.78, 5) is 8.40. The molecule has 0 spiro atoms. The number of nitrogens with one attached hydrogen (secondary N) is 2. The van der Waals surface area contributed by atoms with E-state index in [9.17, 15) is 0 Å². The Hall–Kier alpha value is -1.66. The van der Waals surface area contributed by atoms with Gasteiger partial charge in [-0.2, -0.15) is 0 Å². The quantitative estimate of drug-likeness (QED) is 0.595. The second-order valence-electron chi connectivity index (χ2n) is 4.13. The molecule has 2 aromatic rings. The van der Waals surface area contributed by atoms with Gasteiger partial charge in [0, 0.05) is 15.7 Å². The smallest absolute Gasteiger partial charge is 0.148 e. The third-order valence-corrected chi connectivity index (χ3v) is 3.37. The number of hydrogen-bond donors (Lipinski definition) is 3. The maximum absolute atomic E-state index is 5.46. The summed E-state index contributed by atoms with van der Waals surface area (Å²) < 4.78 is 1.05. The van der Waals surface area contributed by atoms with E-state index in [1.807, 2.05) is 26.0 Å². The van der Waals surface area contributed by atoms with Crippen LogP contribution in [-0.4, -0.2) is 9.97 Å². The van der Waals surface area contributed by atoms with E-state index in [0.29, 0.717) is 5.82 Å². The van der Waals surface area contributed by atoms with Crippen LogP contribution in [0.2, 0.25) is 0 Å². The second kappa shape index (κ2) is 5.99. The number of hydrazine groups is 1. The van der Waals surface area contributed by atoms with Crippen molar-refractivity contribution in [1.29, 1.82) is 0 Å². The van der Waals surface area contributed by atoms with Gasteiger partial charge in [0.25, 0.3) is 0 Å². The van der Waals surface area contributed by atoms with Crippen LogP contribution in [0.3, 0.4) is 0 Å². The van der Waals surface area contributed by atoms with Crippen LogP contribution in [0.4, 0.5) is 17.3 Å². The summed E-state index contributed by atoms with van der Waals surface area (Å²) in [7, 11) is 0. The fourth-order valence-electron chi connectivity index (χ4n) is 1.87. The van der Waals surface area contributed by atoms with Crippen LogP contribution < -0.4 is 16.6 Å². The van der Waals surface area contributed by atoms with E-state index in [2.05, 4.69) is 42.7 Å². The zero-order valence-electron chi connectivity index (χ0n) is 10.9. The molecule has 1 heterocycles. The van der Waals surface area contributed by atoms with Crippen LogP contribution in [0.15, 0.2) is 29.0 Å². The van der Waals surface area contributed by atoms with E-state index in [1.54, 1.807) is 0 Å². The number of rotatable bonds is 4. The Labute approximate surface area is 120 Å². The minimum Gasteiger partial charge on any atom is -0.340 e. The van der Waals surface area contributed by atoms with Gasteiger partial charge in [-0.3, -0.25) is 0 Å². The Morgan fingerprint density at radius 1 is 1.26 bits per heavy atom. The molecule has 1 aromatic carbocycles. The fraction of sp³-hybridized carbons (Fsp3) is 0.231. The molecule has 0 fully saturated rings. The highest BCUT2D eigenvalue weighted by atomic mass is 79.9. The molecule has 6 heteroatoms. The van der Waals surface area contributed by atoms with Crippen LogP contribution in [0.25, 0.3) is 0 Å². The van der Waals surface area contributed by atoms with Gasteiger partial charge in [-0.15, -0.1) is 0 Å². The normalized spacial score (nSPS) is 10.3. The number of aryl methyl sites for hydroxylation is 1. The molecule has 0 atom stereocenters. The van der Waals surface area contributed by atoms with E-state index >= 15 is 0 Å². The van der Waals surface area contributed by atoms with E-state index < -0.39 is 0 Å². The molecule has 0 amide bonds. The predicted octanol–water partition coefficient (Wildman–Crippen LogP) is 3.14. The molecule has 0 saturated carbocycles. The largest absolute Gasteiger partial charge is 0.340 e. The number of benzene rings is 1. The van der Waals surface area contributed by atoms with Crippen molar-refractivity contribution in [3.05, 3.63) is 40.1 Å². The standard InChI is InChI=1S/C13H16BrN5/c1-3-10-12(16-7-17-13(10)19-15)18-11-5-4-9(14)6-8(11)2/h4-7H,3,15H2,1-2H3,(H2,16,17,18,19). The first-order valence-electron chi connectivity index (χ1n) is 5.99. The second-order valence-corrected chi connectivity index (χ2v) is 5.05. The SMILES string of the molecule is CCc1c(NN)ncnc1Nc1ccc(Br)cc1C. The molecule has 0 radical (unpaired) electrons. The lowest BCUT2D eigenvalue weighted by molar-refractivity contribution is 1.04. The first-order valence-corrected chi connectivity index (χ1v) is 6.78. The van der Waals surface area contributed by atoms with E-state index in [4.69, 9.17) is 5.84 Å². The number of nitrogen functional groups attached to an aromatic ring is 1. The zero-order valence-corrected chi connectivity index (χ0v) is 12.5. The van der Waals surface area contributed by atoms with E-state index in [-0.39, 0.29) is 0 Å². The van der Waals surface area contributed by atoms with Gasteiger partial charge in [0.1, 0.15) is 18.0 Å². The molecular formula is C13H16BrN5. The minimum absolute atomic E-state index is 0.648. The first-order chi connectivity index (χ1) is 9.15. The molecule has 0 aliphatic carbocycles. The van der Waals surface area contributed by atoms with Gasteiger partial charge in [-0.05, 0) is 37.1 Å². The summed E-state index contributed by atoms with van der Waals surface area (Å²) in [6, 6.07) is 6.05. The van der Waals surface area contributed by atoms with Crippen molar-refractivity contribution in [3.63, 3.8) is 0 Å². The molecule has 0 aliphatic heterocycles. The molecule has 19 heavy (non-hydrogen) atoms. The molecule has 0 aliphatic rings. The van der Waals surface area contributed by atoms with Gasteiger partial charge >= 0.3 is 0 Å². The Morgan fingerprint density at radius 2 is 2.00 bits per heavy atom. The maximum Gasteiger partial charge on any atom is 0.148 e. The minimum atomic E-state index is 0.648. The lowest BCUT2D eigenvalue weighted by atomic mass is 10.1. The Bertz CT molecular complexity index is 585. The highest BCUT2D eigenvalue weighted by molar-refractivity contribution is 9.10. The summed E-state index contributed by atoms with van der Waals surface area (Å²) in [6.45, 7) is 4.08. The number of anilines is 3. The van der Waals surface area contributed by atoms with Crippen LogP contribution in [0.1, 0.15) is 18.1 Å². The predicted molar refractivity (Wildman–Crippen MR) is 81.4 cm³/mol. The van der Waals surface area contributed by atoms with Gasteiger partial charge in [0.2, 0.25) is 0 Å². The maximum atomic E-state index is 5.46. The summed E-state index contributed by atoms with van der Waals surface area (Å²) in [5.41, 5.74) is 5.71. The molecule has 100 valence electrons. The molecule has 4 N–H and O–H groups in total. The Morgan fingerprint density at radius 3 is 2.63 bits per heavy atom. The molecule has 0 unspecified atom stereocenters. The average molecular weight is 322 g/mol. The monoisotopic (exact) mass is 321 g/mol. The number of hydrogen-bond acceptors (Lipinski definition) is 5. The summed E-state index contributed by atoms with van der Waals surface area (Å²) in [6.07, 6.45) is 2.28. The summed E-state index contributed by atoms with van der Waals surface area (Å²) >= 11 is 3.45. The van der Waals surface area contributed by atoms with E-state index in [0.717, 1.165) is 33.5 Å². The number of nitrogens with zero attached hydrogens (tertiary/aromatic N) is 2. The summed E-state index contributed by atoms with van der Waals surface area (Å²) in [5.74, 6) is 6.89.